The molecule has 0 spiro atoms. The number of piperidine rings is 1. The fourth-order valence-electron chi connectivity index (χ4n) is 3.19. The Bertz CT molecular complexity index is 871. The summed E-state index contributed by atoms with van der Waals surface area (Å²) in [7, 11) is 0. The fourth-order valence-corrected chi connectivity index (χ4v) is 3.19. The number of halogens is 2. The molecule has 1 aliphatic heterocycles. The zero-order chi connectivity index (χ0) is 20.3. The molecule has 0 aliphatic carbocycles. The number of carbonyl (C=O) groups excluding carboxylic acids is 2. The van der Waals surface area contributed by atoms with Crippen molar-refractivity contribution < 1.29 is 23.1 Å². The highest BCUT2D eigenvalue weighted by Gasteiger charge is 2.31. The van der Waals surface area contributed by atoms with Crippen LogP contribution in [0.4, 0.5) is 20.2 Å². The molecule has 1 heterocycles. The second kappa shape index (κ2) is 8.24. The second-order valence-electron chi connectivity index (χ2n) is 6.60. The number of nitrogens with zero attached hydrogens (tertiary/aromatic N) is 1. The third-order valence-corrected chi connectivity index (χ3v) is 4.62. The largest absolute Gasteiger partial charge is 0.435 e. The highest BCUT2D eigenvalue weighted by atomic mass is 19.3. The first-order valence-corrected chi connectivity index (χ1v) is 8.88. The molecule has 28 heavy (non-hydrogen) atoms. The quantitative estimate of drug-likeness (QED) is 0.770. The third kappa shape index (κ3) is 4.39. The van der Waals surface area contributed by atoms with Crippen molar-refractivity contribution in [2.45, 2.75) is 32.4 Å². The van der Waals surface area contributed by atoms with Crippen LogP contribution < -0.4 is 20.7 Å². The summed E-state index contributed by atoms with van der Waals surface area (Å²) in [5.74, 6) is -0.584. The number of anilines is 2. The van der Waals surface area contributed by atoms with E-state index in [-0.39, 0.29) is 17.6 Å². The number of nitrogens with one attached hydrogen (secondary N) is 1. The van der Waals surface area contributed by atoms with Crippen LogP contribution in [0, 0.1) is 6.92 Å². The maximum Gasteiger partial charge on any atom is 0.387 e. The van der Waals surface area contributed by atoms with Gasteiger partial charge < -0.3 is 20.7 Å². The monoisotopic (exact) mass is 389 g/mol. The smallest absolute Gasteiger partial charge is 0.387 e. The average molecular weight is 389 g/mol. The number of hydrogen-bond donors (Lipinski definition) is 2. The number of rotatable bonds is 5. The molecule has 2 aromatic rings. The minimum atomic E-state index is -2.91. The van der Waals surface area contributed by atoms with E-state index in [0.29, 0.717) is 36.3 Å². The van der Waals surface area contributed by atoms with E-state index in [1.807, 2.05) is 0 Å². The summed E-state index contributed by atoms with van der Waals surface area (Å²) in [5.41, 5.74) is 7.98. The summed E-state index contributed by atoms with van der Waals surface area (Å²) >= 11 is 0. The van der Waals surface area contributed by atoms with Crippen molar-refractivity contribution in [1.82, 2.24) is 5.32 Å². The molecule has 1 aliphatic rings. The number of alkyl halides is 2. The Morgan fingerprint density at radius 1 is 1.25 bits per heavy atom. The average Bonchev–Trinajstić information content (AvgIpc) is 2.65. The first-order chi connectivity index (χ1) is 13.3. The zero-order valence-electron chi connectivity index (χ0n) is 15.3. The second-order valence-corrected chi connectivity index (χ2v) is 6.60. The maximum atomic E-state index is 12.8. The van der Waals surface area contributed by atoms with E-state index in [1.165, 1.54) is 17.0 Å². The third-order valence-electron chi connectivity index (χ3n) is 4.62. The van der Waals surface area contributed by atoms with Gasteiger partial charge in [-0.1, -0.05) is 6.07 Å². The molecule has 148 valence electrons. The van der Waals surface area contributed by atoms with E-state index in [2.05, 4.69) is 10.1 Å². The number of nitrogens with two attached hydrogens (primary N) is 1. The van der Waals surface area contributed by atoms with E-state index >= 15 is 0 Å². The van der Waals surface area contributed by atoms with E-state index in [1.54, 1.807) is 37.3 Å². The van der Waals surface area contributed by atoms with Crippen molar-refractivity contribution in [2.75, 3.05) is 17.2 Å². The van der Waals surface area contributed by atoms with Crippen LogP contribution in [0.3, 0.4) is 0 Å². The highest BCUT2D eigenvalue weighted by Crippen LogP contribution is 2.25. The number of carbonyl (C=O) groups is 2. The lowest BCUT2D eigenvalue weighted by atomic mass is 10.0. The number of benzene rings is 2. The summed E-state index contributed by atoms with van der Waals surface area (Å²) in [4.78, 5) is 27.0. The number of ether oxygens (including phenoxy) is 1. The molecule has 2 amide bonds. The Morgan fingerprint density at radius 2 is 1.96 bits per heavy atom. The first-order valence-electron chi connectivity index (χ1n) is 8.88. The predicted octanol–water partition coefficient (Wildman–Crippen LogP) is 3.10. The van der Waals surface area contributed by atoms with Crippen LogP contribution >= 0.6 is 0 Å². The molecule has 6 nitrogen and oxygen atoms in total. The van der Waals surface area contributed by atoms with Gasteiger partial charge in [0.2, 0.25) is 5.91 Å². The zero-order valence-corrected chi connectivity index (χ0v) is 15.3. The van der Waals surface area contributed by atoms with Crippen molar-refractivity contribution in [3.8, 4) is 5.75 Å². The first kappa shape index (κ1) is 19.6. The van der Waals surface area contributed by atoms with Crippen LogP contribution in [0.25, 0.3) is 0 Å². The topological polar surface area (TPSA) is 84.7 Å². The molecule has 1 saturated heterocycles. The van der Waals surface area contributed by atoms with E-state index in [0.717, 1.165) is 5.56 Å². The van der Waals surface area contributed by atoms with E-state index < -0.39 is 12.7 Å². The Morgan fingerprint density at radius 3 is 2.64 bits per heavy atom. The van der Waals surface area contributed by atoms with Crippen LogP contribution in [-0.4, -0.2) is 31.0 Å². The fraction of sp³-hybridized carbons (Fsp3) is 0.300. The molecule has 0 aromatic heterocycles. The van der Waals surface area contributed by atoms with Gasteiger partial charge in [0, 0.05) is 23.5 Å². The molecule has 0 bridgehead atoms. The van der Waals surface area contributed by atoms with Crippen LogP contribution in [0.2, 0.25) is 0 Å². The molecular weight excluding hydrogens is 368 g/mol. The van der Waals surface area contributed by atoms with Gasteiger partial charge in [-0.15, -0.1) is 0 Å². The standard InChI is InChI=1S/C20H21F2N3O3/c1-12-4-5-13(23)11-16(12)18(26)24-17-3-2-10-25(19(17)27)14-6-8-15(9-7-14)28-20(21)22/h4-9,11,17,20H,2-3,10,23H2,1H3,(H,24,26). The van der Waals surface area contributed by atoms with Gasteiger partial charge in [0.05, 0.1) is 0 Å². The minimum Gasteiger partial charge on any atom is -0.435 e. The Balaban J connectivity index is 1.71. The number of amides is 2. The van der Waals surface area contributed by atoms with Crippen molar-refractivity contribution in [1.29, 1.82) is 0 Å². The Hall–Kier alpha value is -3.16. The molecule has 3 rings (SSSR count). The van der Waals surface area contributed by atoms with Crippen LogP contribution in [0.5, 0.6) is 5.75 Å². The Kier molecular flexibility index (Phi) is 5.77. The molecular formula is C20H21F2N3O3. The molecule has 3 N–H and O–H groups in total. The molecule has 8 heteroatoms. The maximum absolute atomic E-state index is 12.8. The summed E-state index contributed by atoms with van der Waals surface area (Å²) in [5, 5.41) is 2.78. The highest BCUT2D eigenvalue weighted by molar-refractivity contribution is 6.03. The lowest BCUT2D eigenvalue weighted by molar-refractivity contribution is -0.121. The van der Waals surface area contributed by atoms with Crippen molar-refractivity contribution >= 4 is 23.2 Å². The van der Waals surface area contributed by atoms with E-state index in [9.17, 15) is 18.4 Å². The SMILES string of the molecule is Cc1ccc(N)cc1C(=O)NC1CCCN(c2ccc(OC(F)F)cc2)C1=O. The summed E-state index contributed by atoms with van der Waals surface area (Å²) in [6, 6.07) is 10.2. The van der Waals surface area contributed by atoms with Crippen LogP contribution in [0.1, 0.15) is 28.8 Å². The summed E-state index contributed by atoms with van der Waals surface area (Å²) in [6.45, 7) is -0.623. The van der Waals surface area contributed by atoms with Gasteiger partial charge in [-0.2, -0.15) is 8.78 Å². The lowest BCUT2D eigenvalue weighted by Gasteiger charge is -2.32. The van der Waals surface area contributed by atoms with Gasteiger partial charge >= 0.3 is 6.61 Å². The Labute approximate surface area is 161 Å². The van der Waals surface area contributed by atoms with Crippen molar-refractivity contribution in [3.63, 3.8) is 0 Å². The van der Waals surface area contributed by atoms with Gasteiger partial charge in [-0.25, -0.2) is 0 Å². The predicted molar refractivity (Wildman–Crippen MR) is 102 cm³/mol. The van der Waals surface area contributed by atoms with Gasteiger partial charge in [0.1, 0.15) is 11.8 Å². The number of hydrogen-bond acceptors (Lipinski definition) is 4. The van der Waals surface area contributed by atoms with Gasteiger partial charge in [-0.05, 0) is 61.7 Å². The minimum absolute atomic E-state index is 0.0187. The summed E-state index contributed by atoms with van der Waals surface area (Å²) < 4.78 is 28.9. The van der Waals surface area contributed by atoms with Crippen molar-refractivity contribution in [2.24, 2.45) is 0 Å². The molecule has 2 aromatic carbocycles. The van der Waals surface area contributed by atoms with Crippen molar-refractivity contribution in [3.05, 3.63) is 53.6 Å². The molecule has 1 fully saturated rings. The van der Waals surface area contributed by atoms with Gasteiger partial charge in [0.25, 0.3) is 5.91 Å². The number of aryl methyl sites for hydroxylation is 1. The lowest BCUT2D eigenvalue weighted by Crippen LogP contribution is -2.52. The van der Waals surface area contributed by atoms with Gasteiger partial charge in [0.15, 0.2) is 0 Å². The molecule has 1 atom stereocenters. The molecule has 0 saturated carbocycles. The summed E-state index contributed by atoms with van der Waals surface area (Å²) in [6.07, 6.45) is 1.22. The van der Waals surface area contributed by atoms with Gasteiger partial charge in [-0.3, -0.25) is 9.59 Å². The van der Waals surface area contributed by atoms with Crippen LogP contribution in [-0.2, 0) is 4.79 Å². The normalized spacial score (nSPS) is 16.9. The number of nitrogen functional groups attached to an aromatic ring is 1. The molecule has 0 radical (unpaired) electrons. The van der Waals surface area contributed by atoms with E-state index in [4.69, 9.17) is 5.73 Å². The molecule has 1 unspecified atom stereocenters. The van der Waals surface area contributed by atoms with Crippen LogP contribution in [0.15, 0.2) is 42.5 Å².